The van der Waals surface area contributed by atoms with Gasteiger partial charge in [0.2, 0.25) is 0 Å². The zero-order valence-electron chi connectivity index (χ0n) is 12.8. The molecule has 0 spiro atoms. The molecule has 0 unspecified atom stereocenters. The van der Waals surface area contributed by atoms with Gasteiger partial charge < -0.3 is 4.74 Å². The molecule has 21 heavy (non-hydrogen) atoms. The number of carbonyl (C=O) groups is 1. The summed E-state index contributed by atoms with van der Waals surface area (Å²) in [6, 6.07) is 6.62. The van der Waals surface area contributed by atoms with Crippen LogP contribution >= 0.6 is 0 Å². The third-order valence-corrected chi connectivity index (χ3v) is 6.24. The number of Topliss-reactive ketones (excluding diaryl/α,β-unsaturated/α-hetero) is 1. The second-order valence-electron chi connectivity index (χ2n) is 7.08. The molecule has 1 aromatic rings. The molecule has 0 aromatic heterocycles. The molecular formula is C19H24O2. The molecule has 0 radical (unpaired) electrons. The van der Waals surface area contributed by atoms with Crippen molar-refractivity contribution in [3.05, 3.63) is 29.3 Å². The highest BCUT2D eigenvalue weighted by atomic mass is 16.5. The van der Waals surface area contributed by atoms with E-state index >= 15 is 0 Å². The van der Waals surface area contributed by atoms with E-state index in [9.17, 15) is 4.79 Å². The summed E-state index contributed by atoms with van der Waals surface area (Å²) >= 11 is 0. The van der Waals surface area contributed by atoms with E-state index in [0.29, 0.717) is 23.5 Å². The summed E-state index contributed by atoms with van der Waals surface area (Å²) in [4.78, 5) is 12.2. The molecule has 2 heteroatoms. The third kappa shape index (κ3) is 2.11. The smallest absolute Gasteiger partial charge is 0.136 e. The molecule has 2 nitrogen and oxygen atoms in total. The summed E-state index contributed by atoms with van der Waals surface area (Å²) in [5.41, 5.74) is 3.03. The second-order valence-corrected chi connectivity index (χ2v) is 7.08. The fourth-order valence-corrected chi connectivity index (χ4v) is 5.31. The fourth-order valence-electron chi connectivity index (χ4n) is 5.31. The highest BCUT2D eigenvalue weighted by Gasteiger charge is 2.45. The van der Waals surface area contributed by atoms with E-state index in [0.717, 1.165) is 37.4 Å². The van der Waals surface area contributed by atoms with Crippen molar-refractivity contribution in [2.24, 2.45) is 17.8 Å². The van der Waals surface area contributed by atoms with Crippen LogP contribution in [0, 0.1) is 17.8 Å². The first kappa shape index (κ1) is 13.4. The van der Waals surface area contributed by atoms with Crippen molar-refractivity contribution in [2.45, 2.75) is 50.9 Å². The fraction of sp³-hybridized carbons (Fsp3) is 0.632. The van der Waals surface area contributed by atoms with E-state index < -0.39 is 0 Å². The van der Waals surface area contributed by atoms with E-state index in [-0.39, 0.29) is 0 Å². The zero-order valence-corrected chi connectivity index (χ0v) is 12.8. The Labute approximate surface area is 126 Å². The van der Waals surface area contributed by atoms with Crippen LogP contribution in [0.2, 0.25) is 0 Å². The second kappa shape index (κ2) is 5.15. The van der Waals surface area contributed by atoms with Crippen LogP contribution in [0.5, 0.6) is 5.75 Å². The Morgan fingerprint density at radius 1 is 1.00 bits per heavy atom. The number of methoxy groups -OCH3 is 1. The normalized spacial score (nSPS) is 34.6. The van der Waals surface area contributed by atoms with Crippen LogP contribution in [0.1, 0.15) is 55.6 Å². The molecular weight excluding hydrogens is 260 g/mol. The summed E-state index contributed by atoms with van der Waals surface area (Å²) < 4.78 is 5.37. The molecule has 3 aliphatic rings. The molecule has 3 aliphatic carbocycles. The van der Waals surface area contributed by atoms with Gasteiger partial charge in [0.15, 0.2) is 0 Å². The Balaban J connectivity index is 1.66. The van der Waals surface area contributed by atoms with Crippen LogP contribution < -0.4 is 4.74 Å². The molecule has 0 heterocycles. The maximum Gasteiger partial charge on any atom is 0.136 e. The molecule has 0 aliphatic heterocycles. The number of fused-ring (bicyclic) bond motifs is 5. The van der Waals surface area contributed by atoms with E-state index in [2.05, 4.69) is 18.2 Å². The number of aryl methyl sites for hydroxylation is 1. The Hall–Kier alpha value is -1.31. The minimum Gasteiger partial charge on any atom is -0.497 e. The molecule has 1 aromatic carbocycles. The first-order valence-corrected chi connectivity index (χ1v) is 8.47. The number of benzene rings is 1. The molecule has 0 saturated heterocycles. The Morgan fingerprint density at radius 3 is 2.67 bits per heavy atom. The van der Waals surface area contributed by atoms with Gasteiger partial charge in [-0.3, -0.25) is 4.79 Å². The summed E-state index contributed by atoms with van der Waals surface area (Å²) in [7, 11) is 1.74. The van der Waals surface area contributed by atoms with Gasteiger partial charge in [0.25, 0.3) is 0 Å². The summed E-state index contributed by atoms with van der Waals surface area (Å²) in [5, 5.41) is 0. The Bertz CT molecular complexity index is 563. The van der Waals surface area contributed by atoms with Crippen molar-refractivity contribution in [1.82, 2.24) is 0 Å². The van der Waals surface area contributed by atoms with Gasteiger partial charge in [0.05, 0.1) is 7.11 Å². The zero-order chi connectivity index (χ0) is 14.4. The Morgan fingerprint density at radius 2 is 1.81 bits per heavy atom. The predicted octanol–water partition coefficient (Wildman–Crippen LogP) is 4.12. The van der Waals surface area contributed by atoms with Crippen molar-refractivity contribution in [1.29, 1.82) is 0 Å². The standard InChI is InChI=1S/C19H24O2/c1-21-13-6-8-14-12(11-13)5-7-17-15-3-2-4-19(20)18(15)10-9-16(14)17/h6,8,11,15-18H,2-5,7,9-10H2,1H3/t15-,16-,17+,18-/m1/s1. The lowest BCUT2D eigenvalue weighted by Crippen LogP contribution is -2.41. The molecule has 4 rings (SSSR count). The van der Waals surface area contributed by atoms with Crippen molar-refractivity contribution in [2.75, 3.05) is 7.11 Å². The molecule has 0 bridgehead atoms. The number of ether oxygens (including phenoxy) is 1. The third-order valence-electron chi connectivity index (χ3n) is 6.24. The van der Waals surface area contributed by atoms with Crippen LogP contribution in [-0.2, 0) is 11.2 Å². The molecule has 0 N–H and O–H groups in total. The minimum absolute atomic E-state index is 0.389. The first-order chi connectivity index (χ1) is 10.3. The van der Waals surface area contributed by atoms with Crippen LogP contribution in [0.25, 0.3) is 0 Å². The summed E-state index contributed by atoms with van der Waals surface area (Å²) in [6.07, 6.45) is 7.99. The average Bonchev–Trinajstić information content (AvgIpc) is 2.54. The SMILES string of the molecule is COc1ccc2c(c1)CC[C@H]1[C@H]3CCCC(=O)[C@@H]3CC[C@H]21. The first-order valence-electron chi connectivity index (χ1n) is 8.47. The van der Waals surface area contributed by atoms with Gasteiger partial charge >= 0.3 is 0 Å². The van der Waals surface area contributed by atoms with E-state index in [4.69, 9.17) is 4.74 Å². The number of carbonyl (C=O) groups excluding carboxylic acids is 1. The summed E-state index contributed by atoms with van der Waals surface area (Å²) in [5.74, 6) is 4.03. The van der Waals surface area contributed by atoms with Gasteiger partial charge in [-0.05, 0) is 79.5 Å². The topological polar surface area (TPSA) is 26.3 Å². The highest BCUT2D eigenvalue weighted by molar-refractivity contribution is 5.82. The molecule has 112 valence electrons. The lowest BCUT2D eigenvalue weighted by atomic mass is 9.56. The van der Waals surface area contributed by atoms with Crippen molar-refractivity contribution < 1.29 is 9.53 Å². The molecule has 4 atom stereocenters. The monoisotopic (exact) mass is 284 g/mol. The lowest BCUT2D eigenvalue weighted by Gasteiger charge is -2.47. The maximum atomic E-state index is 12.2. The quantitative estimate of drug-likeness (QED) is 0.775. The molecule has 2 saturated carbocycles. The predicted molar refractivity (Wildman–Crippen MR) is 82.6 cm³/mol. The van der Waals surface area contributed by atoms with Gasteiger partial charge in [0.1, 0.15) is 11.5 Å². The number of hydrogen-bond acceptors (Lipinski definition) is 2. The van der Waals surface area contributed by atoms with Crippen molar-refractivity contribution in [3.8, 4) is 5.75 Å². The minimum atomic E-state index is 0.389. The highest BCUT2D eigenvalue weighted by Crippen LogP contribution is 2.53. The van der Waals surface area contributed by atoms with Crippen molar-refractivity contribution >= 4 is 5.78 Å². The Kier molecular flexibility index (Phi) is 3.28. The van der Waals surface area contributed by atoms with E-state index in [1.54, 1.807) is 12.7 Å². The van der Waals surface area contributed by atoms with Gasteiger partial charge in [0, 0.05) is 12.3 Å². The molecule has 0 amide bonds. The maximum absolute atomic E-state index is 12.2. The number of hydrogen-bond donors (Lipinski definition) is 0. The van der Waals surface area contributed by atoms with E-state index in [1.165, 1.54) is 24.8 Å². The lowest BCUT2D eigenvalue weighted by molar-refractivity contribution is -0.130. The van der Waals surface area contributed by atoms with Gasteiger partial charge in [-0.2, -0.15) is 0 Å². The van der Waals surface area contributed by atoms with Crippen LogP contribution in [0.15, 0.2) is 18.2 Å². The number of ketones is 1. The summed E-state index contributed by atoms with van der Waals surface area (Å²) in [6.45, 7) is 0. The van der Waals surface area contributed by atoms with Crippen LogP contribution in [0.3, 0.4) is 0 Å². The van der Waals surface area contributed by atoms with Gasteiger partial charge in [-0.1, -0.05) is 6.07 Å². The van der Waals surface area contributed by atoms with Gasteiger partial charge in [-0.15, -0.1) is 0 Å². The van der Waals surface area contributed by atoms with Crippen molar-refractivity contribution in [3.63, 3.8) is 0 Å². The largest absolute Gasteiger partial charge is 0.497 e. The van der Waals surface area contributed by atoms with Crippen LogP contribution in [0.4, 0.5) is 0 Å². The van der Waals surface area contributed by atoms with E-state index in [1.807, 2.05) is 0 Å². The average molecular weight is 284 g/mol. The van der Waals surface area contributed by atoms with Crippen LogP contribution in [-0.4, -0.2) is 12.9 Å². The number of rotatable bonds is 1. The molecule has 2 fully saturated rings. The van der Waals surface area contributed by atoms with Gasteiger partial charge in [-0.25, -0.2) is 0 Å².